The van der Waals surface area contributed by atoms with Crippen LogP contribution in [-0.4, -0.2) is 48.7 Å². The van der Waals surface area contributed by atoms with Crippen LogP contribution in [0.2, 0.25) is 0 Å². The van der Waals surface area contributed by atoms with Crippen LogP contribution in [0.4, 0.5) is 13.2 Å². The summed E-state index contributed by atoms with van der Waals surface area (Å²) in [7, 11) is 0. The standard InChI is InChI=1S/C19H23N5.C2HF3O2/c1-14-8-15(2)24(22-14)12-17-5-3-4-16(9-17)11-23-7-6-19-18(13-23)10-20-21-19;3-2(4,5)1(6)7/h3-5,8-10H,6-7,11-13H2,1-2H3,(H,20,21);(H,6,7). The molecule has 0 saturated carbocycles. The monoisotopic (exact) mass is 435 g/mol. The second kappa shape index (κ2) is 9.34. The molecule has 0 atom stereocenters. The van der Waals surface area contributed by atoms with Crippen molar-refractivity contribution in [2.45, 2.75) is 46.1 Å². The summed E-state index contributed by atoms with van der Waals surface area (Å²) < 4.78 is 33.8. The van der Waals surface area contributed by atoms with E-state index in [1.807, 2.05) is 13.1 Å². The van der Waals surface area contributed by atoms with Gasteiger partial charge in [-0.1, -0.05) is 24.3 Å². The molecular weight excluding hydrogens is 411 g/mol. The molecule has 1 aliphatic rings. The average Bonchev–Trinajstić information content (AvgIpc) is 3.27. The molecule has 0 amide bonds. The van der Waals surface area contributed by atoms with E-state index in [9.17, 15) is 13.2 Å². The summed E-state index contributed by atoms with van der Waals surface area (Å²) >= 11 is 0. The Morgan fingerprint density at radius 2 is 1.87 bits per heavy atom. The molecular formula is C21H24F3N5O2. The van der Waals surface area contributed by atoms with Gasteiger partial charge in [0, 0.05) is 43.0 Å². The largest absolute Gasteiger partial charge is 0.490 e. The lowest BCUT2D eigenvalue weighted by molar-refractivity contribution is -0.192. The van der Waals surface area contributed by atoms with Gasteiger partial charge >= 0.3 is 12.1 Å². The number of alkyl halides is 3. The number of H-pyrrole nitrogens is 1. The molecule has 0 saturated heterocycles. The van der Waals surface area contributed by atoms with Crippen LogP contribution in [0.3, 0.4) is 0 Å². The predicted molar refractivity (Wildman–Crippen MR) is 107 cm³/mol. The number of hydrogen-bond acceptors (Lipinski definition) is 4. The Hall–Kier alpha value is -3.14. The van der Waals surface area contributed by atoms with E-state index in [2.05, 4.69) is 62.1 Å². The molecule has 10 heteroatoms. The van der Waals surface area contributed by atoms with E-state index in [1.165, 1.54) is 28.1 Å². The summed E-state index contributed by atoms with van der Waals surface area (Å²) in [5.74, 6) is -2.76. The molecule has 0 aliphatic carbocycles. The van der Waals surface area contributed by atoms with Gasteiger partial charge in [0.05, 0.1) is 18.4 Å². The molecule has 1 aliphatic heterocycles. The van der Waals surface area contributed by atoms with Crippen LogP contribution in [0.25, 0.3) is 0 Å². The highest BCUT2D eigenvalue weighted by molar-refractivity contribution is 5.73. The fourth-order valence-corrected chi connectivity index (χ4v) is 3.51. The summed E-state index contributed by atoms with van der Waals surface area (Å²) in [4.78, 5) is 11.4. The lowest BCUT2D eigenvalue weighted by Gasteiger charge is -2.26. The van der Waals surface area contributed by atoms with Crippen molar-refractivity contribution in [1.29, 1.82) is 0 Å². The quantitative estimate of drug-likeness (QED) is 0.656. The third kappa shape index (κ3) is 6.17. The topological polar surface area (TPSA) is 87.0 Å². The first-order valence-corrected chi connectivity index (χ1v) is 9.74. The number of fused-ring (bicyclic) bond motifs is 1. The summed E-state index contributed by atoms with van der Waals surface area (Å²) in [6.07, 6.45) is -2.07. The van der Waals surface area contributed by atoms with Crippen LogP contribution in [0, 0.1) is 13.8 Å². The third-order valence-corrected chi connectivity index (χ3v) is 4.96. The van der Waals surface area contributed by atoms with Crippen molar-refractivity contribution in [3.05, 3.63) is 70.3 Å². The fourth-order valence-electron chi connectivity index (χ4n) is 3.51. The number of carbonyl (C=O) groups is 1. The predicted octanol–water partition coefficient (Wildman–Crippen LogP) is 3.46. The zero-order chi connectivity index (χ0) is 22.6. The number of nitrogens with one attached hydrogen (secondary N) is 1. The fraction of sp³-hybridized carbons (Fsp3) is 0.381. The molecule has 3 heterocycles. The molecule has 7 nitrogen and oxygen atoms in total. The van der Waals surface area contributed by atoms with E-state index in [0.29, 0.717) is 0 Å². The molecule has 0 bridgehead atoms. The van der Waals surface area contributed by atoms with Gasteiger partial charge in [-0.25, -0.2) is 4.79 Å². The molecule has 2 aromatic heterocycles. The van der Waals surface area contributed by atoms with Crippen molar-refractivity contribution >= 4 is 5.97 Å². The Labute approximate surface area is 177 Å². The lowest BCUT2D eigenvalue weighted by atomic mass is 10.1. The summed E-state index contributed by atoms with van der Waals surface area (Å²) in [5.41, 5.74) is 7.58. The van der Waals surface area contributed by atoms with Crippen LogP contribution in [0.5, 0.6) is 0 Å². The first-order chi connectivity index (χ1) is 14.6. The van der Waals surface area contributed by atoms with Gasteiger partial charge in [-0.15, -0.1) is 0 Å². The zero-order valence-corrected chi connectivity index (χ0v) is 17.3. The van der Waals surface area contributed by atoms with Gasteiger partial charge in [0.15, 0.2) is 0 Å². The van der Waals surface area contributed by atoms with E-state index in [1.54, 1.807) is 0 Å². The SMILES string of the molecule is Cc1cc(C)n(Cc2cccc(CN3CCc4[nH]ncc4C3)c2)n1.O=C(O)C(F)(F)F. The van der Waals surface area contributed by atoms with Gasteiger partial charge in [-0.3, -0.25) is 14.7 Å². The molecule has 0 fully saturated rings. The lowest BCUT2D eigenvalue weighted by Crippen LogP contribution is -2.29. The number of carboxylic acids is 1. The van der Waals surface area contributed by atoms with Gasteiger partial charge in [-0.2, -0.15) is 23.4 Å². The number of aromatic nitrogens is 4. The normalized spacial score (nSPS) is 14.0. The van der Waals surface area contributed by atoms with Gasteiger partial charge < -0.3 is 5.11 Å². The smallest absolute Gasteiger partial charge is 0.475 e. The summed E-state index contributed by atoms with van der Waals surface area (Å²) in [6.45, 7) is 8.03. The maximum Gasteiger partial charge on any atom is 0.490 e. The third-order valence-electron chi connectivity index (χ3n) is 4.96. The number of nitrogens with zero attached hydrogens (tertiary/aromatic N) is 4. The van der Waals surface area contributed by atoms with Crippen LogP contribution < -0.4 is 0 Å². The van der Waals surface area contributed by atoms with E-state index in [-0.39, 0.29) is 0 Å². The van der Waals surface area contributed by atoms with Crippen molar-refractivity contribution in [1.82, 2.24) is 24.9 Å². The van der Waals surface area contributed by atoms with Crippen molar-refractivity contribution in [3.63, 3.8) is 0 Å². The molecule has 3 aromatic rings. The molecule has 0 unspecified atom stereocenters. The Morgan fingerprint density at radius 1 is 1.19 bits per heavy atom. The molecule has 0 spiro atoms. The van der Waals surface area contributed by atoms with E-state index >= 15 is 0 Å². The van der Waals surface area contributed by atoms with Gasteiger partial charge in [0.25, 0.3) is 0 Å². The maximum absolute atomic E-state index is 10.6. The Balaban J connectivity index is 0.000000339. The Bertz CT molecular complexity index is 1040. The summed E-state index contributed by atoms with van der Waals surface area (Å²) in [5, 5.41) is 18.9. The highest BCUT2D eigenvalue weighted by Crippen LogP contribution is 2.19. The highest BCUT2D eigenvalue weighted by Gasteiger charge is 2.38. The number of halogens is 3. The minimum atomic E-state index is -5.08. The second-order valence-corrected chi connectivity index (χ2v) is 7.54. The number of carboxylic acid groups (broad SMARTS) is 1. The van der Waals surface area contributed by atoms with Crippen LogP contribution >= 0.6 is 0 Å². The number of hydrogen-bond donors (Lipinski definition) is 2. The molecule has 1 aromatic carbocycles. The van der Waals surface area contributed by atoms with Crippen molar-refractivity contribution in [3.8, 4) is 0 Å². The van der Waals surface area contributed by atoms with Crippen LogP contribution in [0.15, 0.2) is 36.5 Å². The van der Waals surface area contributed by atoms with Gasteiger partial charge in [-0.05, 0) is 31.0 Å². The number of aryl methyl sites for hydroxylation is 2. The number of rotatable bonds is 4. The molecule has 166 valence electrons. The van der Waals surface area contributed by atoms with Crippen molar-refractivity contribution < 1.29 is 23.1 Å². The number of aliphatic carboxylic acids is 1. The molecule has 2 N–H and O–H groups in total. The van der Waals surface area contributed by atoms with Crippen LogP contribution in [-0.2, 0) is 30.8 Å². The van der Waals surface area contributed by atoms with Crippen molar-refractivity contribution in [2.75, 3.05) is 6.54 Å². The van der Waals surface area contributed by atoms with Crippen molar-refractivity contribution in [2.24, 2.45) is 0 Å². The molecule has 0 radical (unpaired) electrons. The zero-order valence-electron chi connectivity index (χ0n) is 17.3. The summed E-state index contributed by atoms with van der Waals surface area (Å²) in [6, 6.07) is 11.0. The Kier molecular flexibility index (Phi) is 6.79. The number of benzene rings is 1. The van der Waals surface area contributed by atoms with Gasteiger partial charge in [0.1, 0.15) is 0 Å². The minimum absolute atomic E-state index is 0.833. The maximum atomic E-state index is 10.6. The van der Waals surface area contributed by atoms with E-state index < -0.39 is 12.1 Å². The van der Waals surface area contributed by atoms with E-state index in [0.717, 1.165) is 38.3 Å². The first-order valence-electron chi connectivity index (χ1n) is 9.74. The van der Waals surface area contributed by atoms with Crippen LogP contribution in [0.1, 0.15) is 33.8 Å². The van der Waals surface area contributed by atoms with Gasteiger partial charge in [0.2, 0.25) is 0 Å². The second-order valence-electron chi connectivity index (χ2n) is 7.54. The average molecular weight is 435 g/mol. The highest BCUT2D eigenvalue weighted by atomic mass is 19.4. The first kappa shape index (κ1) is 22.5. The van der Waals surface area contributed by atoms with E-state index in [4.69, 9.17) is 9.90 Å². The molecule has 4 rings (SSSR count). The molecule has 31 heavy (non-hydrogen) atoms. The minimum Gasteiger partial charge on any atom is -0.475 e. The Morgan fingerprint density at radius 3 is 2.48 bits per heavy atom. The number of aromatic amines is 1.